The van der Waals surface area contributed by atoms with Crippen LogP contribution in [0.2, 0.25) is 5.02 Å². The molecule has 1 aliphatic rings. The summed E-state index contributed by atoms with van der Waals surface area (Å²) in [6, 6.07) is 12.9. The quantitative estimate of drug-likeness (QED) is 0.661. The molecule has 6 nitrogen and oxygen atoms in total. The van der Waals surface area contributed by atoms with E-state index in [-0.39, 0.29) is 0 Å². The van der Waals surface area contributed by atoms with Crippen molar-refractivity contribution in [2.45, 2.75) is 12.6 Å². The maximum Gasteiger partial charge on any atom is 0.333 e. The molecule has 2 aromatic carbocycles. The Morgan fingerprint density at radius 2 is 2.00 bits per heavy atom. The summed E-state index contributed by atoms with van der Waals surface area (Å²) in [4.78, 5) is 29.3. The average molecular weight is 409 g/mol. The number of hydrogen-bond donors (Lipinski definition) is 1. The summed E-state index contributed by atoms with van der Waals surface area (Å²) in [5.74, 6) is -0.446. The van der Waals surface area contributed by atoms with Gasteiger partial charge in [-0.2, -0.15) is 0 Å². The predicted molar refractivity (Wildman–Crippen MR) is 108 cm³/mol. The first-order chi connectivity index (χ1) is 14.1. The number of carbonyl (C=O) groups excluding carboxylic acids is 2. The summed E-state index contributed by atoms with van der Waals surface area (Å²) in [6.07, 6.45) is 3.49. The summed E-state index contributed by atoms with van der Waals surface area (Å²) in [5.41, 5.74) is 3.73. The molecule has 1 N–H and O–H groups in total. The van der Waals surface area contributed by atoms with Crippen LogP contribution in [0.5, 0.6) is 5.75 Å². The number of carbonyl (C=O) groups is 2. The van der Waals surface area contributed by atoms with E-state index in [1.165, 1.54) is 7.11 Å². The largest absolute Gasteiger partial charge is 0.488 e. The van der Waals surface area contributed by atoms with Gasteiger partial charge in [0.15, 0.2) is 6.04 Å². The number of amides is 1. The van der Waals surface area contributed by atoms with Crippen LogP contribution in [0.25, 0.3) is 11.1 Å². The van der Waals surface area contributed by atoms with E-state index in [4.69, 9.17) is 21.1 Å². The highest BCUT2D eigenvalue weighted by molar-refractivity contribution is 6.31. The lowest BCUT2D eigenvalue weighted by Gasteiger charge is -2.22. The van der Waals surface area contributed by atoms with Crippen molar-refractivity contribution >= 4 is 23.5 Å². The van der Waals surface area contributed by atoms with Crippen LogP contribution in [0.1, 0.15) is 27.5 Å². The molecule has 0 bridgehead atoms. The summed E-state index contributed by atoms with van der Waals surface area (Å²) < 4.78 is 10.6. The summed E-state index contributed by atoms with van der Waals surface area (Å²) in [5, 5.41) is 3.07. The molecular formula is C22H17ClN2O4. The van der Waals surface area contributed by atoms with E-state index in [1.807, 2.05) is 12.1 Å². The molecule has 1 aromatic heterocycles. The first kappa shape index (κ1) is 19.0. The molecule has 1 aliphatic heterocycles. The van der Waals surface area contributed by atoms with Gasteiger partial charge in [0.1, 0.15) is 12.4 Å². The number of methoxy groups -OCH3 is 1. The molecule has 7 heteroatoms. The van der Waals surface area contributed by atoms with E-state index in [1.54, 1.807) is 48.8 Å². The molecule has 0 radical (unpaired) electrons. The van der Waals surface area contributed by atoms with Crippen molar-refractivity contribution in [3.05, 3.63) is 82.6 Å². The molecule has 0 aliphatic carbocycles. The van der Waals surface area contributed by atoms with Crippen molar-refractivity contribution in [2.24, 2.45) is 0 Å². The Balaban J connectivity index is 1.63. The van der Waals surface area contributed by atoms with Crippen LogP contribution in [-0.2, 0) is 16.1 Å². The minimum Gasteiger partial charge on any atom is -0.488 e. The van der Waals surface area contributed by atoms with Crippen molar-refractivity contribution in [3.63, 3.8) is 0 Å². The molecule has 1 amide bonds. The molecule has 4 rings (SSSR count). The smallest absolute Gasteiger partial charge is 0.333 e. The maximum absolute atomic E-state index is 12.9. The molecule has 0 fully saturated rings. The van der Waals surface area contributed by atoms with Gasteiger partial charge in [-0.3, -0.25) is 9.78 Å². The van der Waals surface area contributed by atoms with Crippen molar-refractivity contribution in [2.75, 3.05) is 7.11 Å². The van der Waals surface area contributed by atoms with Crippen LogP contribution < -0.4 is 10.1 Å². The highest BCUT2D eigenvalue weighted by Gasteiger charge is 2.27. The zero-order chi connectivity index (χ0) is 20.4. The first-order valence-electron chi connectivity index (χ1n) is 8.91. The third-order valence-electron chi connectivity index (χ3n) is 4.75. The Morgan fingerprint density at radius 3 is 2.79 bits per heavy atom. The minimum absolute atomic E-state index is 0.363. The van der Waals surface area contributed by atoms with Crippen molar-refractivity contribution in [1.29, 1.82) is 0 Å². The van der Waals surface area contributed by atoms with Gasteiger partial charge in [0, 0.05) is 39.7 Å². The highest BCUT2D eigenvalue weighted by Crippen LogP contribution is 2.37. The van der Waals surface area contributed by atoms with E-state index in [0.717, 1.165) is 16.7 Å². The number of rotatable bonds is 4. The minimum atomic E-state index is -1.02. The van der Waals surface area contributed by atoms with Gasteiger partial charge in [-0.15, -0.1) is 0 Å². The number of nitrogens with zero attached hydrogens (tertiary/aromatic N) is 1. The average Bonchev–Trinajstić information content (AvgIpc) is 2.77. The Kier molecular flexibility index (Phi) is 5.18. The zero-order valence-corrected chi connectivity index (χ0v) is 16.3. The molecule has 1 unspecified atom stereocenters. The molecule has 1 atom stereocenters. The topological polar surface area (TPSA) is 77.5 Å². The van der Waals surface area contributed by atoms with Crippen molar-refractivity contribution in [3.8, 4) is 16.9 Å². The summed E-state index contributed by atoms with van der Waals surface area (Å²) in [6.45, 7) is 0.381. The number of aromatic nitrogens is 1. The molecular weight excluding hydrogens is 392 g/mol. The summed E-state index contributed by atoms with van der Waals surface area (Å²) >= 11 is 6.21. The second-order valence-electron chi connectivity index (χ2n) is 6.48. The predicted octanol–water partition coefficient (Wildman–Crippen LogP) is 3.94. The summed E-state index contributed by atoms with van der Waals surface area (Å²) in [7, 11) is 1.26. The molecule has 0 saturated heterocycles. The van der Waals surface area contributed by atoms with Crippen LogP contribution in [0.4, 0.5) is 0 Å². The lowest BCUT2D eigenvalue weighted by Crippen LogP contribution is -2.34. The zero-order valence-electron chi connectivity index (χ0n) is 15.5. The first-order valence-corrected chi connectivity index (χ1v) is 9.29. The van der Waals surface area contributed by atoms with Gasteiger partial charge in [-0.05, 0) is 35.9 Å². The van der Waals surface area contributed by atoms with Gasteiger partial charge in [0.25, 0.3) is 5.91 Å². The fraction of sp³-hybridized carbons (Fsp3) is 0.136. The number of nitrogens with one attached hydrogen (secondary N) is 1. The molecule has 0 spiro atoms. The number of fused-ring (bicyclic) bond motifs is 3. The van der Waals surface area contributed by atoms with Crippen LogP contribution in [0.3, 0.4) is 0 Å². The van der Waals surface area contributed by atoms with Gasteiger partial charge in [0.05, 0.1) is 7.11 Å². The standard InChI is InChI=1S/C22H17ClN2O4/c1-28-22(27)20(17-4-2-3-5-18(17)23)25-21(26)13-6-7-16-15-8-9-24-11-14(15)12-29-19(16)10-13/h2-11,20H,12H2,1H3,(H,25,26). The molecule has 29 heavy (non-hydrogen) atoms. The van der Waals surface area contributed by atoms with E-state index >= 15 is 0 Å². The van der Waals surface area contributed by atoms with E-state index in [2.05, 4.69) is 10.3 Å². The van der Waals surface area contributed by atoms with Crippen molar-refractivity contribution < 1.29 is 19.1 Å². The van der Waals surface area contributed by atoms with Crippen LogP contribution in [0.15, 0.2) is 60.9 Å². The number of halogens is 1. The van der Waals surface area contributed by atoms with Gasteiger partial charge in [-0.1, -0.05) is 29.8 Å². The Hall–Kier alpha value is -3.38. The Bertz CT molecular complexity index is 1100. The Labute approximate surface area is 172 Å². The third kappa shape index (κ3) is 3.67. The SMILES string of the molecule is COC(=O)C(NC(=O)c1ccc2c(c1)OCc1cnccc1-2)c1ccccc1Cl. The Morgan fingerprint density at radius 1 is 1.17 bits per heavy atom. The van der Waals surface area contributed by atoms with E-state index in [0.29, 0.717) is 28.5 Å². The highest BCUT2D eigenvalue weighted by atomic mass is 35.5. The second-order valence-corrected chi connectivity index (χ2v) is 6.89. The maximum atomic E-state index is 12.9. The fourth-order valence-corrected chi connectivity index (χ4v) is 3.52. The van der Waals surface area contributed by atoms with Gasteiger partial charge < -0.3 is 14.8 Å². The van der Waals surface area contributed by atoms with Gasteiger partial charge in [0.2, 0.25) is 0 Å². The molecule has 0 saturated carbocycles. The molecule has 3 aromatic rings. The second kappa shape index (κ2) is 7.93. The number of benzene rings is 2. The number of esters is 1. The van der Waals surface area contributed by atoms with Gasteiger partial charge in [-0.25, -0.2) is 4.79 Å². The normalized spacial score (nSPS) is 12.8. The fourth-order valence-electron chi connectivity index (χ4n) is 3.27. The van der Waals surface area contributed by atoms with Crippen LogP contribution in [-0.4, -0.2) is 24.0 Å². The van der Waals surface area contributed by atoms with E-state index in [9.17, 15) is 9.59 Å². The van der Waals surface area contributed by atoms with Gasteiger partial charge >= 0.3 is 5.97 Å². The van der Waals surface area contributed by atoms with Crippen LogP contribution >= 0.6 is 11.6 Å². The monoisotopic (exact) mass is 408 g/mol. The number of pyridine rings is 1. The van der Waals surface area contributed by atoms with Crippen LogP contribution in [0, 0.1) is 0 Å². The number of ether oxygens (including phenoxy) is 2. The number of hydrogen-bond acceptors (Lipinski definition) is 5. The third-order valence-corrected chi connectivity index (χ3v) is 5.09. The molecule has 146 valence electrons. The van der Waals surface area contributed by atoms with E-state index < -0.39 is 17.9 Å². The molecule has 2 heterocycles. The van der Waals surface area contributed by atoms with Crippen molar-refractivity contribution in [1.82, 2.24) is 10.3 Å². The lowest BCUT2D eigenvalue weighted by molar-refractivity contribution is -0.143. The lowest BCUT2D eigenvalue weighted by atomic mass is 9.97.